The third-order valence-electron chi connectivity index (χ3n) is 5.02. The number of nitrogens with zero attached hydrogens (tertiary/aromatic N) is 6. The number of benzene rings is 1. The van der Waals surface area contributed by atoms with E-state index in [-0.39, 0.29) is 24.0 Å². The number of rotatable bonds is 7. The number of hydrogen-bond acceptors (Lipinski definition) is 10. The maximum Gasteiger partial charge on any atom is 0.273 e. The lowest BCUT2D eigenvalue weighted by molar-refractivity contribution is 0.276. The molecule has 0 saturated heterocycles. The molecular weight excluding hydrogens is 426 g/mol. The summed E-state index contributed by atoms with van der Waals surface area (Å²) in [5.74, 6) is 1.32. The van der Waals surface area contributed by atoms with Crippen LogP contribution in [0.3, 0.4) is 0 Å². The first-order valence-corrected chi connectivity index (χ1v) is 10.0. The fraction of sp³-hybridized carbons (Fsp3) is 0.143. The van der Waals surface area contributed by atoms with E-state index in [1.165, 1.54) is 12.5 Å². The van der Waals surface area contributed by atoms with E-state index in [1.807, 2.05) is 30.3 Å². The summed E-state index contributed by atoms with van der Waals surface area (Å²) in [6, 6.07) is 12.4. The average molecular weight is 445 g/mol. The van der Waals surface area contributed by atoms with Gasteiger partial charge in [-0.1, -0.05) is 35.5 Å². The van der Waals surface area contributed by atoms with Crippen molar-refractivity contribution in [1.29, 1.82) is 0 Å². The summed E-state index contributed by atoms with van der Waals surface area (Å²) >= 11 is 0. The van der Waals surface area contributed by atoms with Gasteiger partial charge < -0.3 is 20.3 Å². The SMILES string of the molecule is Cn1[nH]c(=O)c2ccc(Nc3ncc(-c4ncno4)c(N[C@H](CO)c4ccccc4)n3)nc21. The average Bonchev–Trinajstić information content (AvgIpc) is 3.46. The summed E-state index contributed by atoms with van der Waals surface area (Å²) in [6.07, 6.45) is 2.82. The van der Waals surface area contributed by atoms with Gasteiger partial charge in [-0.15, -0.1) is 0 Å². The minimum atomic E-state index is -0.431. The predicted octanol–water partition coefficient (Wildman–Crippen LogP) is 1.99. The molecule has 1 atom stereocenters. The Kier molecular flexibility index (Phi) is 5.24. The molecule has 1 aromatic carbocycles. The van der Waals surface area contributed by atoms with Crippen LogP contribution in [0.4, 0.5) is 17.6 Å². The third kappa shape index (κ3) is 4.02. The summed E-state index contributed by atoms with van der Waals surface area (Å²) < 4.78 is 6.73. The number of hydrogen-bond donors (Lipinski definition) is 4. The van der Waals surface area contributed by atoms with Crippen molar-refractivity contribution in [3.8, 4) is 11.5 Å². The van der Waals surface area contributed by atoms with Gasteiger partial charge in [-0.05, 0) is 17.7 Å². The number of anilines is 3. The normalized spacial score (nSPS) is 12.1. The molecule has 0 amide bonds. The lowest BCUT2D eigenvalue weighted by Crippen LogP contribution is -2.17. The van der Waals surface area contributed by atoms with E-state index in [0.717, 1.165) is 5.56 Å². The van der Waals surface area contributed by atoms with E-state index in [9.17, 15) is 9.90 Å². The maximum absolute atomic E-state index is 11.9. The number of H-pyrrole nitrogens is 1. The molecule has 0 radical (unpaired) electrons. The number of aromatic nitrogens is 7. The van der Waals surface area contributed by atoms with Crippen molar-refractivity contribution < 1.29 is 9.63 Å². The minimum Gasteiger partial charge on any atom is -0.394 e. The van der Waals surface area contributed by atoms with Crippen molar-refractivity contribution >= 4 is 28.6 Å². The van der Waals surface area contributed by atoms with Crippen molar-refractivity contribution in [2.75, 3.05) is 17.2 Å². The number of nitrogens with one attached hydrogen (secondary N) is 3. The lowest BCUT2D eigenvalue weighted by Gasteiger charge is -2.19. The first kappa shape index (κ1) is 20.3. The number of aliphatic hydroxyl groups is 1. The Morgan fingerprint density at radius 1 is 1.15 bits per heavy atom. The van der Waals surface area contributed by atoms with Gasteiger partial charge in [0, 0.05) is 13.2 Å². The topological polar surface area (TPSA) is 160 Å². The van der Waals surface area contributed by atoms with Crippen molar-refractivity contribution in [3.63, 3.8) is 0 Å². The van der Waals surface area contributed by atoms with Gasteiger partial charge in [-0.3, -0.25) is 14.6 Å². The van der Waals surface area contributed by atoms with Crippen molar-refractivity contribution in [2.45, 2.75) is 6.04 Å². The summed E-state index contributed by atoms with van der Waals surface area (Å²) in [5, 5.41) is 23.1. The molecule has 0 bridgehead atoms. The van der Waals surface area contributed by atoms with Gasteiger partial charge in [-0.25, -0.2) is 9.97 Å². The number of pyridine rings is 1. The third-order valence-corrected chi connectivity index (χ3v) is 5.02. The van der Waals surface area contributed by atoms with E-state index < -0.39 is 6.04 Å². The molecule has 0 unspecified atom stereocenters. The molecule has 4 heterocycles. The molecule has 0 fully saturated rings. The Morgan fingerprint density at radius 2 is 2.00 bits per heavy atom. The van der Waals surface area contributed by atoms with Crippen molar-refractivity contribution in [3.05, 3.63) is 70.9 Å². The largest absolute Gasteiger partial charge is 0.394 e. The van der Waals surface area contributed by atoms with Crippen molar-refractivity contribution in [2.24, 2.45) is 7.05 Å². The molecule has 12 heteroatoms. The highest BCUT2D eigenvalue weighted by Crippen LogP contribution is 2.29. The minimum absolute atomic E-state index is 0.167. The van der Waals surface area contributed by atoms with E-state index in [4.69, 9.17) is 4.52 Å². The molecule has 4 N–H and O–H groups in total. The van der Waals surface area contributed by atoms with Gasteiger partial charge in [0.25, 0.3) is 11.4 Å². The van der Waals surface area contributed by atoms with Crippen molar-refractivity contribution in [1.82, 2.24) is 34.9 Å². The Balaban J connectivity index is 1.50. The molecular formula is C21H19N9O3. The molecule has 33 heavy (non-hydrogen) atoms. The molecule has 4 aromatic heterocycles. The molecule has 0 saturated carbocycles. The number of aromatic amines is 1. The Hall–Kier alpha value is -4.58. The molecule has 5 aromatic rings. The Bertz CT molecular complexity index is 1450. The van der Waals surface area contributed by atoms with Gasteiger partial charge in [0.1, 0.15) is 17.2 Å². The molecule has 0 aliphatic rings. The molecule has 0 aliphatic carbocycles. The van der Waals surface area contributed by atoms with Crippen LogP contribution in [-0.4, -0.2) is 46.6 Å². The van der Waals surface area contributed by atoms with Crippen LogP contribution >= 0.6 is 0 Å². The van der Waals surface area contributed by atoms with Gasteiger partial charge in [0.05, 0.1) is 18.0 Å². The number of fused-ring (bicyclic) bond motifs is 1. The first-order valence-electron chi connectivity index (χ1n) is 10.0. The summed E-state index contributed by atoms with van der Waals surface area (Å²) in [6.45, 7) is -0.167. The summed E-state index contributed by atoms with van der Waals surface area (Å²) in [7, 11) is 1.71. The predicted molar refractivity (Wildman–Crippen MR) is 120 cm³/mol. The highest BCUT2D eigenvalue weighted by atomic mass is 16.5. The second kappa shape index (κ2) is 8.51. The first-order chi connectivity index (χ1) is 16.1. The van der Waals surface area contributed by atoms with Crippen LogP contribution in [0.1, 0.15) is 11.6 Å². The smallest absolute Gasteiger partial charge is 0.273 e. The van der Waals surface area contributed by atoms with E-state index in [0.29, 0.717) is 28.2 Å². The van der Waals surface area contributed by atoms with Crippen LogP contribution in [0.15, 0.2) is 64.3 Å². The Labute approximate surface area is 186 Å². The fourth-order valence-electron chi connectivity index (χ4n) is 3.42. The fourth-order valence-corrected chi connectivity index (χ4v) is 3.42. The van der Waals surface area contributed by atoms with Gasteiger partial charge in [0.2, 0.25) is 5.95 Å². The molecule has 12 nitrogen and oxygen atoms in total. The second-order valence-electron chi connectivity index (χ2n) is 7.19. The molecule has 5 rings (SSSR count). The number of aliphatic hydroxyl groups excluding tert-OH is 1. The van der Waals surface area contributed by atoms with Crippen LogP contribution in [0.5, 0.6) is 0 Å². The van der Waals surface area contributed by atoms with E-state index in [2.05, 4.69) is 40.8 Å². The highest BCUT2D eigenvalue weighted by molar-refractivity contribution is 5.77. The zero-order valence-corrected chi connectivity index (χ0v) is 17.4. The Morgan fingerprint density at radius 3 is 2.76 bits per heavy atom. The zero-order valence-electron chi connectivity index (χ0n) is 17.4. The molecule has 0 aliphatic heterocycles. The summed E-state index contributed by atoms with van der Waals surface area (Å²) in [5.41, 5.74) is 1.64. The van der Waals surface area contributed by atoms with Gasteiger partial charge >= 0.3 is 0 Å². The quantitative estimate of drug-likeness (QED) is 0.292. The van der Waals surface area contributed by atoms with Crippen LogP contribution in [-0.2, 0) is 7.05 Å². The zero-order chi connectivity index (χ0) is 22.8. The molecule has 0 spiro atoms. The lowest BCUT2D eigenvalue weighted by atomic mass is 10.1. The maximum atomic E-state index is 11.9. The highest BCUT2D eigenvalue weighted by Gasteiger charge is 2.19. The van der Waals surface area contributed by atoms with Gasteiger partial charge in [-0.2, -0.15) is 9.97 Å². The van der Waals surface area contributed by atoms with E-state index >= 15 is 0 Å². The molecule has 166 valence electrons. The van der Waals surface area contributed by atoms with E-state index in [1.54, 1.807) is 23.9 Å². The second-order valence-corrected chi connectivity index (χ2v) is 7.19. The van der Waals surface area contributed by atoms with Gasteiger partial charge in [0.15, 0.2) is 12.0 Å². The summed E-state index contributed by atoms with van der Waals surface area (Å²) in [4.78, 5) is 29.3. The van der Waals surface area contributed by atoms with Crippen LogP contribution in [0, 0.1) is 0 Å². The number of aryl methyl sites for hydroxylation is 1. The van der Waals surface area contributed by atoms with Crippen LogP contribution in [0.2, 0.25) is 0 Å². The standard InChI is InChI=1S/C21H19N9O3/c1-30-18-13(19(32)29-30)7-8-16(26-18)27-21-22-9-14(20-23-11-24-33-20)17(28-21)25-15(10-31)12-5-3-2-4-6-12/h2-9,11,15,31H,10H2,1H3,(H,29,32)(H2,22,25,26,27,28)/t15-/m1/s1. The monoisotopic (exact) mass is 445 g/mol. The van der Waals surface area contributed by atoms with Crippen LogP contribution < -0.4 is 16.2 Å². The van der Waals surface area contributed by atoms with Crippen LogP contribution in [0.25, 0.3) is 22.5 Å².